The van der Waals surface area contributed by atoms with E-state index in [1.807, 2.05) is 49.5 Å². The molecule has 0 fully saturated rings. The van der Waals surface area contributed by atoms with Crippen LogP contribution in [0, 0.1) is 6.92 Å². The number of benzene rings is 2. The minimum atomic E-state index is 0.761. The Hall–Kier alpha value is -3.45. The summed E-state index contributed by atoms with van der Waals surface area (Å²) in [6, 6.07) is 20.4. The van der Waals surface area contributed by atoms with Crippen molar-refractivity contribution >= 4 is 22.9 Å². The summed E-state index contributed by atoms with van der Waals surface area (Å²) in [5.41, 5.74) is 6.21. The highest BCUT2D eigenvalue weighted by Gasteiger charge is 2.21. The van der Waals surface area contributed by atoms with Gasteiger partial charge in [-0.3, -0.25) is 4.57 Å². The van der Waals surface area contributed by atoms with Gasteiger partial charge < -0.3 is 13.7 Å². The standard InChI is InChI=1S/C24H22N4O2S/c1-16-7-4-5-10-19(16)28-23(21-14-22-20(27(21)2)11-12-30-22)25-26-24(28)31-15-17-8-6-9-18(13-17)29-3/h4-14H,15H2,1-3H3. The molecule has 0 amide bonds. The first kappa shape index (κ1) is 19.5. The summed E-state index contributed by atoms with van der Waals surface area (Å²) in [5.74, 6) is 2.40. The van der Waals surface area contributed by atoms with Crippen molar-refractivity contribution in [1.29, 1.82) is 0 Å². The number of para-hydroxylation sites is 1. The van der Waals surface area contributed by atoms with Crippen LogP contribution in [0.1, 0.15) is 11.1 Å². The molecule has 0 saturated carbocycles. The van der Waals surface area contributed by atoms with E-state index in [1.165, 1.54) is 5.56 Å². The van der Waals surface area contributed by atoms with Gasteiger partial charge in [0, 0.05) is 24.9 Å². The number of nitrogens with zero attached hydrogens (tertiary/aromatic N) is 4. The van der Waals surface area contributed by atoms with Crippen molar-refractivity contribution < 1.29 is 9.15 Å². The number of rotatable bonds is 6. The summed E-state index contributed by atoms with van der Waals surface area (Å²) in [6.07, 6.45) is 1.70. The molecule has 0 radical (unpaired) electrons. The lowest BCUT2D eigenvalue weighted by Crippen LogP contribution is -2.04. The van der Waals surface area contributed by atoms with Crippen molar-refractivity contribution in [2.24, 2.45) is 7.05 Å². The Bertz CT molecular complexity index is 1370. The third-order valence-electron chi connectivity index (χ3n) is 5.38. The fourth-order valence-corrected chi connectivity index (χ4v) is 4.62. The number of hydrogen-bond donors (Lipinski definition) is 0. The molecule has 0 atom stereocenters. The van der Waals surface area contributed by atoms with E-state index >= 15 is 0 Å². The van der Waals surface area contributed by atoms with E-state index in [0.717, 1.165) is 50.5 Å². The Kier molecular flexibility index (Phi) is 5.03. The quantitative estimate of drug-likeness (QED) is 0.327. The first-order valence-corrected chi connectivity index (χ1v) is 10.9. The van der Waals surface area contributed by atoms with Crippen LogP contribution in [0.5, 0.6) is 5.75 Å². The fraction of sp³-hybridized carbons (Fsp3) is 0.167. The average Bonchev–Trinajstić information content (AvgIpc) is 3.49. The second-order valence-corrected chi connectivity index (χ2v) is 8.27. The van der Waals surface area contributed by atoms with E-state index < -0.39 is 0 Å². The molecule has 3 aromatic heterocycles. The molecular weight excluding hydrogens is 408 g/mol. The van der Waals surface area contributed by atoms with Gasteiger partial charge in [-0.1, -0.05) is 42.1 Å². The van der Waals surface area contributed by atoms with E-state index in [-0.39, 0.29) is 0 Å². The third kappa shape index (κ3) is 3.51. The first-order valence-electron chi connectivity index (χ1n) is 9.96. The van der Waals surface area contributed by atoms with Gasteiger partial charge in [0.05, 0.1) is 30.3 Å². The topological polar surface area (TPSA) is 58.0 Å². The van der Waals surface area contributed by atoms with E-state index in [2.05, 4.69) is 44.5 Å². The summed E-state index contributed by atoms with van der Waals surface area (Å²) in [7, 11) is 3.70. The summed E-state index contributed by atoms with van der Waals surface area (Å²) in [4.78, 5) is 0. The molecular formula is C24H22N4O2S. The van der Waals surface area contributed by atoms with Gasteiger partial charge in [0.1, 0.15) is 5.75 Å². The van der Waals surface area contributed by atoms with E-state index in [4.69, 9.17) is 9.15 Å². The Balaban J connectivity index is 1.59. The molecule has 7 heteroatoms. The molecule has 156 valence electrons. The van der Waals surface area contributed by atoms with Crippen LogP contribution in [0.25, 0.3) is 28.3 Å². The highest BCUT2D eigenvalue weighted by Crippen LogP contribution is 2.33. The molecule has 0 aliphatic rings. The van der Waals surface area contributed by atoms with Crippen molar-refractivity contribution in [3.05, 3.63) is 78.1 Å². The molecule has 5 rings (SSSR count). The number of hydrogen-bond acceptors (Lipinski definition) is 5. The Morgan fingerprint density at radius 3 is 2.71 bits per heavy atom. The second kappa shape index (κ2) is 8.00. The minimum Gasteiger partial charge on any atom is -0.497 e. The lowest BCUT2D eigenvalue weighted by atomic mass is 10.2. The minimum absolute atomic E-state index is 0.761. The second-order valence-electron chi connectivity index (χ2n) is 7.33. The highest BCUT2D eigenvalue weighted by atomic mass is 32.2. The molecule has 0 spiro atoms. The van der Waals surface area contributed by atoms with Crippen LogP contribution in [0.15, 0.2) is 76.5 Å². The van der Waals surface area contributed by atoms with Crippen LogP contribution >= 0.6 is 11.8 Å². The van der Waals surface area contributed by atoms with Gasteiger partial charge in [-0.25, -0.2) is 0 Å². The number of ether oxygens (including phenoxy) is 1. The van der Waals surface area contributed by atoms with Gasteiger partial charge in [-0.2, -0.15) is 0 Å². The van der Waals surface area contributed by atoms with Gasteiger partial charge in [0.25, 0.3) is 0 Å². The van der Waals surface area contributed by atoms with Gasteiger partial charge in [-0.15, -0.1) is 10.2 Å². The van der Waals surface area contributed by atoms with Crippen LogP contribution in [-0.2, 0) is 12.8 Å². The third-order valence-corrected chi connectivity index (χ3v) is 6.38. The highest BCUT2D eigenvalue weighted by molar-refractivity contribution is 7.98. The van der Waals surface area contributed by atoms with Crippen LogP contribution < -0.4 is 4.74 Å². The van der Waals surface area contributed by atoms with Crippen LogP contribution in [0.3, 0.4) is 0 Å². The normalized spacial score (nSPS) is 11.3. The Morgan fingerprint density at radius 1 is 1.03 bits per heavy atom. The van der Waals surface area contributed by atoms with Gasteiger partial charge in [0.15, 0.2) is 16.6 Å². The predicted molar refractivity (Wildman–Crippen MR) is 123 cm³/mol. The lowest BCUT2D eigenvalue weighted by molar-refractivity contribution is 0.414. The van der Waals surface area contributed by atoms with Crippen LogP contribution in [-0.4, -0.2) is 26.4 Å². The maximum atomic E-state index is 5.61. The number of thioether (sulfide) groups is 1. The zero-order valence-corrected chi connectivity index (χ0v) is 18.4. The van der Waals surface area contributed by atoms with E-state index in [1.54, 1.807) is 25.1 Å². The summed E-state index contributed by atoms with van der Waals surface area (Å²) < 4.78 is 15.2. The SMILES string of the molecule is COc1cccc(CSc2nnc(-c3cc4occc4n3C)n2-c2ccccc2C)c1. The Morgan fingerprint density at radius 2 is 1.90 bits per heavy atom. The molecule has 6 nitrogen and oxygen atoms in total. The average molecular weight is 431 g/mol. The molecule has 2 aromatic carbocycles. The molecule has 0 bridgehead atoms. The molecule has 0 aliphatic heterocycles. The molecule has 0 aliphatic carbocycles. The predicted octanol–water partition coefficient (Wildman–Crippen LogP) is 5.63. The molecule has 0 N–H and O–H groups in total. The molecule has 0 unspecified atom stereocenters. The monoisotopic (exact) mass is 430 g/mol. The van der Waals surface area contributed by atoms with Crippen molar-refractivity contribution in [3.8, 4) is 23.0 Å². The molecule has 0 saturated heterocycles. The summed E-state index contributed by atoms with van der Waals surface area (Å²) in [5, 5.41) is 9.99. The number of aryl methyl sites for hydroxylation is 2. The fourth-order valence-electron chi connectivity index (χ4n) is 3.74. The molecule has 5 aromatic rings. The smallest absolute Gasteiger partial charge is 0.196 e. The van der Waals surface area contributed by atoms with Crippen molar-refractivity contribution in [1.82, 2.24) is 19.3 Å². The number of methoxy groups -OCH3 is 1. The van der Waals surface area contributed by atoms with Crippen molar-refractivity contribution in [3.63, 3.8) is 0 Å². The van der Waals surface area contributed by atoms with Crippen LogP contribution in [0.4, 0.5) is 0 Å². The van der Waals surface area contributed by atoms with Crippen molar-refractivity contribution in [2.45, 2.75) is 17.8 Å². The summed E-state index contributed by atoms with van der Waals surface area (Å²) in [6.45, 7) is 2.10. The zero-order chi connectivity index (χ0) is 21.4. The summed E-state index contributed by atoms with van der Waals surface area (Å²) >= 11 is 1.65. The number of fused-ring (bicyclic) bond motifs is 1. The maximum absolute atomic E-state index is 5.61. The van der Waals surface area contributed by atoms with E-state index in [9.17, 15) is 0 Å². The molecule has 3 heterocycles. The van der Waals surface area contributed by atoms with Crippen molar-refractivity contribution in [2.75, 3.05) is 7.11 Å². The number of furan rings is 1. The maximum Gasteiger partial charge on any atom is 0.196 e. The number of aromatic nitrogens is 4. The lowest BCUT2D eigenvalue weighted by Gasteiger charge is -2.13. The molecule has 31 heavy (non-hydrogen) atoms. The van der Waals surface area contributed by atoms with Gasteiger partial charge in [0.2, 0.25) is 0 Å². The Labute approximate surface area is 184 Å². The zero-order valence-electron chi connectivity index (χ0n) is 17.6. The van der Waals surface area contributed by atoms with Gasteiger partial charge in [-0.05, 0) is 36.2 Å². The first-order chi connectivity index (χ1) is 15.2. The van der Waals surface area contributed by atoms with Gasteiger partial charge >= 0.3 is 0 Å². The van der Waals surface area contributed by atoms with Crippen LogP contribution in [0.2, 0.25) is 0 Å². The largest absolute Gasteiger partial charge is 0.497 e. The van der Waals surface area contributed by atoms with E-state index in [0.29, 0.717) is 0 Å².